The Kier molecular flexibility index (Phi) is 18.3. The molecular weight excluding hydrogens is 837 g/mol. The standard InChI is InChI=1S/C49H68N4O12/c1-28(2)22-37-46(58)64-33(9)44(56)53-27-36-21-17-16-20-35(36)26-40(53)49(61)63-32(8)43(55)51(11)39(24-30(5)6)48(60)65-41(25-34-18-14-13-15-19-34)45(57)52(12)38(23-29(3)4)47(59)62-31(7)42(54)50(37)10/h13-21,28-33,37-41H,22-27H2,1-12H3/t31-,32-,33-,37+,38+,39+,40+,41?/m1/s1. The highest BCUT2D eigenvalue weighted by Crippen LogP contribution is 2.27. The van der Waals surface area contributed by atoms with Crippen LogP contribution in [0.5, 0.6) is 0 Å². The van der Waals surface area contributed by atoms with Gasteiger partial charge in [-0.1, -0.05) is 96.1 Å². The second-order valence-electron chi connectivity index (χ2n) is 18.6. The smallest absolute Gasteiger partial charge is 0.329 e. The quantitative estimate of drug-likeness (QED) is 0.267. The Bertz CT molecular complexity index is 2040. The lowest BCUT2D eigenvalue weighted by Gasteiger charge is -2.38. The number of fused-ring (bicyclic) bond motifs is 2. The monoisotopic (exact) mass is 904 g/mol. The van der Waals surface area contributed by atoms with E-state index < -0.39 is 96.1 Å². The summed E-state index contributed by atoms with van der Waals surface area (Å²) < 4.78 is 23.4. The van der Waals surface area contributed by atoms with Crippen molar-refractivity contribution >= 4 is 47.5 Å². The van der Waals surface area contributed by atoms with Crippen LogP contribution < -0.4 is 0 Å². The van der Waals surface area contributed by atoms with Gasteiger partial charge in [-0.25, -0.2) is 19.2 Å². The molecule has 0 aromatic heterocycles. The Morgan fingerprint density at radius 1 is 0.492 bits per heavy atom. The normalized spacial score (nSPS) is 26.4. The molecule has 4 amide bonds. The fourth-order valence-corrected chi connectivity index (χ4v) is 8.17. The van der Waals surface area contributed by atoms with Gasteiger partial charge in [0, 0.05) is 40.5 Å². The van der Waals surface area contributed by atoms with Crippen molar-refractivity contribution in [3.05, 3.63) is 71.3 Å². The van der Waals surface area contributed by atoms with Crippen LogP contribution in [0.15, 0.2) is 54.6 Å². The molecule has 356 valence electrons. The maximum atomic E-state index is 14.6. The molecular formula is C49H68N4O12. The molecule has 1 fully saturated rings. The number of hydrogen-bond donors (Lipinski definition) is 0. The first kappa shape index (κ1) is 51.8. The number of cyclic esters (lactones) is 4. The number of esters is 4. The highest BCUT2D eigenvalue weighted by molar-refractivity contribution is 5.94. The van der Waals surface area contributed by atoms with E-state index in [1.807, 2.05) is 53.7 Å². The van der Waals surface area contributed by atoms with E-state index in [2.05, 4.69) is 0 Å². The Labute approximate surface area is 383 Å². The topological polar surface area (TPSA) is 186 Å². The average Bonchev–Trinajstić information content (AvgIpc) is 3.26. The number of carbonyl (C=O) groups is 8. The maximum Gasteiger partial charge on any atom is 0.329 e. The molecule has 4 rings (SSSR count). The summed E-state index contributed by atoms with van der Waals surface area (Å²) in [6, 6.07) is 11.2. The third-order valence-corrected chi connectivity index (χ3v) is 11.9. The highest BCUT2D eigenvalue weighted by Gasteiger charge is 2.43. The lowest BCUT2D eigenvalue weighted by Crippen LogP contribution is -2.55. The zero-order chi connectivity index (χ0) is 48.4. The van der Waals surface area contributed by atoms with Crippen molar-refractivity contribution in [2.24, 2.45) is 17.8 Å². The van der Waals surface area contributed by atoms with E-state index >= 15 is 0 Å². The number of carbonyl (C=O) groups excluding carboxylic acids is 8. The Morgan fingerprint density at radius 2 is 0.877 bits per heavy atom. The highest BCUT2D eigenvalue weighted by atomic mass is 16.6. The second kappa shape index (κ2) is 22.9. The molecule has 0 bridgehead atoms. The molecule has 2 aliphatic heterocycles. The molecule has 2 aromatic rings. The van der Waals surface area contributed by atoms with Gasteiger partial charge in [0.15, 0.2) is 24.4 Å². The van der Waals surface area contributed by atoms with Gasteiger partial charge in [-0.05, 0) is 74.5 Å². The minimum absolute atomic E-state index is 0.0340. The predicted molar refractivity (Wildman–Crippen MR) is 239 cm³/mol. The van der Waals surface area contributed by atoms with Crippen LogP contribution in [-0.2, 0) is 76.7 Å². The summed E-state index contributed by atoms with van der Waals surface area (Å²) in [6.07, 6.45) is -5.44. The fraction of sp³-hybridized carbons (Fsp3) is 0.592. The summed E-state index contributed by atoms with van der Waals surface area (Å²) in [5.74, 6) is -6.89. The maximum absolute atomic E-state index is 14.6. The van der Waals surface area contributed by atoms with E-state index in [1.165, 1.54) is 46.8 Å². The Hall–Kier alpha value is -5.80. The lowest BCUT2D eigenvalue weighted by atomic mass is 9.93. The van der Waals surface area contributed by atoms with Crippen molar-refractivity contribution in [1.82, 2.24) is 19.6 Å². The molecule has 16 nitrogen and oxygen atoms in total. The van der Waals surface area contributed by atoms with Gasteiger partial charge in [0.25, 0.3) is 23.6 Å². The second-order valence-corrected chi connectivity index (χ2v) is 18.6. The lowest BCUT2D eigenvalue weighted by molar-refractivity contribution is -0.176. The first-order chi connectivity index (χ1) is 30.5. The van der Waals surface area contributed by atoms with Crippen LogP contribution in [0.2, 0.25) is 0 Å². The minimum Gasteiger partial charge on any atom is -0.451 e. The number of likely N-dealkylation sites (N-methyl/N-ethyl adjacent to an activating group) is 3. The van der Waals surface area contributed by atoms with Gasteiger partial charge in [0.2, 0.25) is 0 Å². The zero-order valence-corrected chi connectivity index (χ0v) is 40.0. The number of rotatable bonds is 8. The molecule has 1 unspecified atom stereocenters. The number of nitrogens with zero attached hydrogens (tertiary/aromatic N) is 4. The van der Waals surface area contributed by atoms with E-state index in [4.69, 9.17) is 18.9 Å². The van der Waals surface area contributed by atoms with Gasteiger partial charge in [-0.3, -0.25) is 19.2 Å². The first-order valence-electron chi connectivity index (χ1n) is 22.5. The molecule has 0 aliphatic carbocycles. The van der Waals surface area contributed by atoms with Crippen molar-refractivity contribution in [2.75, 3.05) is 21.1 Å². The molecule has 0 N–H and O–H groups in total. The fourth-order valence-electron chi connectivity index (χ4n) is 8.17. The zero-order valence-electron chi connectivity index (χ0n) is 40.0. The Balaban J connectivity index is 1.82. The SMILES string of the molecule is CC(C)C[C@H]1C(=O)O[C@H](C)C(=O)N(C)[C@@H](CC(C)C)C(=O)O[C@H](C)C(=O)N2Cc3ccccc3C[C@H]2C(=O)O[C@H](C)C(=O)N(C)[C@@H](CC(C)C)C(=O)OC(Cc2ccccc2)C(=O)N1C. The van der Waals surface area contributed by atoms with Crippen molar-refractivity contribution in [2.45, 2.75) is 150 Å². The van der Waals surface area contributed by atoms with Crippen molar-refractivity contribution in [3.8, 4) is 0 Å². The van der Waals surface area contributed by atoms with Gasteiger partial charge in [-0.2, -0.15) is 0 Å². The first-order valence-corrected chi connectivity index (χ1v) is 22.5. The summed E-state index contributed by atoms with van der Waals surface area (Å²) in [4.78, 5) is 118. The van der Waals surface area contributed by atoms with Gasteiger partial charge in [0.1, 0.15) is 24.2 Å². The van der Waals surface area contributed by atoms with Gasteiger partial charge >= 0.3 is 23.9 Å². The number of benzene rings is 2. The molecule has 2 aromatic carbocycles. The summed E-state index contributed by atoms with van der Waals surface area (Å²) in [7, 11) is 4.15. The number of ether oxygens (including phenoxy) is 4. The molecule has 65 heavy (non-hydrogen) atoms. The van der Waals surface area contributed by atoms with Gasteiger partial charge in [0.05, 0.1) is 0 Å². The van der Waals surface area contributed by atoms with E-state index in [9.17, 15) is 38.4 Å². The molecule has 2 heterocycles. The molecule has 2 aliphatic rings. The van der Waals surface area contributed by atoms with Crippen LogP contribution in [0.25, 0.3) is 0 Å². The minimum atomic E-state index is -1.47. The van der Waals surface area contributed by atoms with E-state index in [1.54, 1.807) is 42.5 Å². The summed E-state index contributed by atoms with van der Waals surface area (Å²) in [5, 5.41) is 0. The number of amides is 4. The van der Waals surface area contributed by atoms with Gasteiger partial charge in [-0.15, -0.1) is 0 Å². The van der Waals surface area contributed by atoms with Crippen molar-refractivity contribution in [3.63, 3.8) is 0 Å². The molecule has 0 saturated carbocycles. The van der Waals surface area contributed by atoms with Crippen LogP contribution in [0.3, 0.4) is 0 Å². The predicted octanol–water partition coefficient (Wildman–Crippen LogP) is 4.52. The summed E-state index contributed by atoms with van der Waals surface area (Å²) in [6.45, 7) is 15.1. The Morgan fingerprint density at radius 3 is 1.34 bits per heavy atom. The van der Waals surface area contributed by atoms with E-state index in [0.29, 0.717) is 5.56 Å². The summed E-state index contributed by atoms with van der Waals surface area (Å²) in [5.41, 5.74) is 2.19. The van der Waals surface area contributed by atoms with Crippen LogP contribution in [0.4, 0.5) is 0 Å². The molecule has 16 heteroatoms. The van der Waals surface area contributed by atoms with Gasteiger partial charge < -0.3 is 38.5 Å². The molecule has 0 spiro atoms. The van der Waals surface area contributed by atoms with Crippen LogP contribution in [0.1, 0.15) is 98.3 Å². The van der Waals surface area contributed by atoms with Crippen LogP contribution in [0, 0.1) is 17.8 Å². The van der Waals surface area contributed by atoms with E-state index in [0.717, 1.165) is 25.8 Å². The van der Waals surface area contributed by atoms with Crippen LogP contribution >= 0.6 is 0 Å². The third kappa shape index (κ3) is 13.4. The van der Waals surface area contributed by atoms with Crippen molar-refractivity contribution in [1.29, 1.82) is 0 Å². The number of hydrogen-bond acceptors (Lipinski definition) is 12. The third-order valence-electron chi connectivity index (χ3n) is 11.9. The largest absolute Gasteiger partial charge is 0.451 e. The average molecular weight is 905 g/mol. The van der Waals surface area contributed by atoms with Crippen molar-refractivity contribution < 1.29 is 57.3 Å². The van der Waals surface area contributed by atoms with E-state index in [-0.39, 0.29) is 56.4 Å². The summed E-state index contributed by atoms with van der Waals surface area (Å²) >= 11 is 0. The molecule has 0 radical (unpaired) electrons. The molecule has 8 atom stereocenters. The molecule has 1 saturated heterocycles. The van der Waals surface area contributed by atoms with Crippen LogP contribution in [-0.4, -0.2) is 137 Å².